The summed E-state index contributed by atoms with van der Waals surface area (Å²) < 4.78 is 0. The molecular formula is C23H26N2. The van der Waals surface area contributed by atoms with Crippen LogP contribution in [0.25, 0.3) is 10.9 Å². The molecule has 0 unspecified atom stereocenters. The van der Waals surface area contributed by atoms with Crippen molar-refractivity contribution < 1.29 is 0 Å². The molecule has 1 aliphatic carbocycles. The van der Waals surface area contributed by atoms with Gasteiger partial charge in [0.25, 0.3) is 0 Å². The minimum atomic E-state index is 0.686. The van der Waals surface area contributed by atoms with Gasteiger partial charge in [-0.05, 0) is 42.4 Å². The van der Waals surface area contributed by atoms with Crippen LogP contribution >= 0.6 is 0 Å². The number of nitrogens with one attached hydrogen (secondary N) is 1. The van der Waals surface area contributed by atoms with E-state index in [1.807, 2.05) is 0 Å². The zero-order valence-electron chi connectivity index (χ0n) is 14.9. The maximum atomic E-state index is 3.72. The van der Waals surface area contributed by atoms with Gasteiger partial charge in [-0.2, -0.15) is 0 Å². The molecule has 0 spiro atoms. The number of benzene rings is 2. The van der Waals surface area contributed by atoms with Crippen LogP contribution < -0.4 is 0 Å². The quantitative estimate of drug-likeness (QED) is 0.721. The molecule has 2 heterocycles. The first-order chi connectivity index (χ1) is 12.3. The maximum absolute atomic E-state index is 3.72. The van der Waals surface area contributed by atoms with Crippen molar-refractivity contribution in [1.82, 2.24) is 9.88 Å². The molecule has 1 saturated heterocycles. The molecule has 0 radical (unpaired) electrons. The number of aromatic amines is 1. The highest BCUT2D eigenvalue weighted by atomic mass is 15.2. The fraction of sp³-hybridized carbons (Fsp3) is 0.391. The minimum absolute atomic E-state index is 0.686. The Morgan fingerprint density at radius 2 is 1.80 bits per heavy atom. The molecular weight excluding hydrogens is 304 g/mol. The molecule has 5 rings (SSSR count). The van der Waals surface area contributed by atoms with E-state index >= 15 is 0 Å². The summed E-state index contributed by atoms with van der Waals surface area (Å²) in [6, 6.07) is 21.2. The summed E-state index contributed by atoms with van der Waals surface area (Å²) in [5.41, 5.74) is 5.84. The highest BCUT2D eigenvalue weighted by Crippen LogP contribution is 2.42. The maximum Gasteiger partial charge on any atom is 0.0458 e. The van der Waals surface area contributed by atoms with Gasteiger partial charge >= 0.3 is 0 Å². The SMILES string of the molecule is CC[C@@H]1C[C@H]2Cc3c([nH]c4ccccc34)C[C@H]2N1Cc1ccccc1. The van der Waals surface area contributed by atoms with Crippen LogP contribution in [0.3, 0.4) is 0 Å². The van der Waals surface area contributed by atoms with E-state index in [9.17, 15) is 0 Å². The van der Waals surface area contributed by atoms with Crippen molar-refractivity contribution >= 4 is 10.9 Å². The van der Waals surface area contributed by atoms with E-state index < -0.39 is 0 Å². The van der Waals surface area contributed by atoms with Gasteiger partial charge in [-0.3, -0.25) is 4.90 Å². The number of para-hydroxylation sites is 1. The Morgan fingerprint density at radius 3 is 2.64 bits per heavy atom. The summed E-state index contributed by atoms with van der Waals surface area (Å²) in [5, 5.41) is 1.45. The van der Waals surface area contributed by atoms with E-state index in [0.717, 1.165) is 18.5 Å². The number of aromatic nitrogens is 1. The third-order valence-electron chi connectivity index (χ3n) is 6.47. The second-order valence-corrected chi connectivity index (χ2v) is 7.82. The van der Waals surface area contributed by atoms with Gasteiger partial charge < -0.3 is 4.98 Å². The number of nitrogens with zero attached hydrogens (tertiary/aromatic N) is 1. The lowest BCUT2D eigenvalue weighted by atomic mass is 9.82. The number of hydrogen-bond acceptors (Lipinski definition) is 1. The fourth-order valence-corrected chi connectivity index (χ4v) is 5.26. The molecule has 128 valence electrons. The summed E-state index contributed by atoms with van der Waals surface area (Å²) in [7, 11) is 0. The predicted octanol–water partition coefficient (Wildman–Crippen LogP) is 4.94. The highest BCUT2D eigenvalue weighted by Gasteiger charge is 2.43. The summed E-state index contributed by atoms with van der Waals surface area (Å²) in [5.74, 6) is 0.806. The fourth-order valence-electron chi connectivity index (χ4n) is 5.26. The number of H-pyrrole nitrogens is 1. The smallest absolute Gasteiger partial charge is 0.0458 e. The van der Waals surface area contributed by atoms with Crippen molar-refractivity contribution in [2.24, 2.45) is 5.92 Å². The third-order valence-corrected chi connectivity index (χ3v) is 6.47. The average molecular weight is 330 g/mol. The average Bonchev–Trinajstić information content (AvgIpc) is 3.18. The van der Waals surface area contributed by atoms with E-state index in [1.165, 1.54) is 47.8 Å². The van der Waals surface area contributed by atoms with Gasteiger partial charge in [0.15, 0.2) is 0 Å². The Hall–Kier alpha value is -2.06. The molecule has 2 heteroatoms. The molecule has 3 aromatic rings. The van der Waals surface area contributed by atoms with Crippen LogP contribution in [0.4, 0.5) is 0 Å². The molecule has 2 nitrogen and oxygen atoms in total. The Kier molecular flexibility index (Phi) is 3.67. The van der Waals surface area contributed by atoms with Gasteiger partial charge in [-0.15, -0.1) is 0 Å². The molecule has 1 aromatic heterocycles. The zero-order chi connectivity index (χ0) is 16.8. The van der Waals surface area contributed by atoms with Gasteiger partial charge in [0.1, 0.15) is 0 Å². The summed E-state index contributed by atoms with van der Waals surface area (Å²) >= 11 is 0. The van der Waals surface area contributed by atoms with Crippen LogP contribution in [0, 0.1) is 5.92 Å². The molecule has 0 saturated carbocycles. The molecule has 1 fully saturated rings. The lowest BCUT2D eigenvalue weighted by Crippen LogP contribution is -2.40. The Balaban J connectivity index is 1.48. The molecule has 1 N–H and O–H groups in total. The topological polar surface area (TPSA) is 19.0 Å². The lowest BCUT2D eigenvalue weighted by molar-refractivity contribution is 0.160. The van der Waals surface area contributed by atoms with Crippen molar-refractivity contribution in [2.75, 3.05) is 0 Å². The molecule has 1 aliphatic heterocycles. The van der Waals surface area contributed by atoms with E-state index in [-0.39, 0.29) is 0 Å². The van der Waals surface area contributed by atoms with Crippen LogP contribution in [0.1, 0.15) is 36.6 Å². The van der Waals surface area contributed by atoms with Crippen LogP contribution in [0.2, 0.25) is 0 Å². The molecule has 3 atom stereocenters. The summed E-state index contributed by atoms with van der Waals surface area (Å²) in [6.07, 6.45) is 5.03. The monoisotopic (exact) mass is 330 g/mol. The Bertz CT molecular complexity index is 880. The van der Waals surface area contributed by atoms with Crippen molar-refractivity contribution in [2.45, 2.75) is 51.2 Å². The van der Waals surface area contributed by atoms with Crippen LogP contribution in [0.15, 0.2) is 54.6 Å². The zero-order valence-corrected chi connectivity index (χ0v) is 14.9. The predicted molar refractivity (Wildman–Crippen MR) is 104 cm³/mol. The van der Waals surface area contributed by atoms with Crippen LogP contribution in [0.5, 0.6) is 0 Å². The number of likely N-dealkylation sites (tertiary alicyclic amines) is 1. The molecule has 25 heavy (non-hydrogen) atoms. The van der Waals surface area contributed by atoms with Gasteiger partial charge in [0.05, 0.1) is 0 Å². The van der Waals surface area contributed by atoms with Gasteiger partial charge in [0, 0.05) is 41.6 Å². The second-order valence-electron chi connectivity index (χ2n) is 7.82. The Morgan fingerprint density at radius 1 is 1.00 bits per heavy atom. The third kappa shape index (κ3) is 2.51. The first-order valence-corrected chi connectivity index (χ1v) is 9.71. The number of fused-ring (bicyclic) bond motifs is 4. The lowest BCUT2D eigenvalue weighted by Gasteiger charge is -2.34. The van der Waals surface area contributed by atoms with Gasteiger partial charge in [0.2, 0.25) is 0 Å². The van der Waals surface area contributed by atoms with Crippen molar-refractivity contribution in [3.63, 3.8) is 0 Å². The molecule has 0 amide bonds. The van der Waals surface area contributed by atoms with Gasteiger partial charge in [-0.1, -0.05) is 55.5 Å². The summed E-state index contributed by atoms with van der Waals surface area (Å²) in [4.78, 5) is 6.52. The first kappa shape index (κ1) is 15.2. The molecule has 2 aromatic carbocycles. The van der Waals surface area contributed by atoms with E-state index in [0.29, 0.717) is 6.04 Å². The Labute approximate surface area is 149 Å². The highest BCUT2D eigenvalue weighted by molar-refractivity contribution is 5.85. The molecule has 2 aliphatic rings. The first-order valence-electron chi connectivity index (χ1n) is 9.71. The van der Waals surface area contributed by atoms with Crippen molar-refractivity contribution in [3.8, 4) is 0 Å². The van der Waals surface area contributed by atoms with Gasteiger partial charge in [-0.25, -0.2) is 0 Å². The largest absolute Gasteiger partial charge is 0.358 e. The van der Waals surface area contributed by atoms with E-state index in [2.05, 4.69) is 71.4 Å². The number of hydrogen-bond donors (Lipinski definition) is 1. The van der Waals surface area contributed by atoms with Crippen molar-refractivity contribution in [1.29, 1.82) is 0 Å². The number of rotatable bonds is 3. The van der Waals surface area contributed by atoms with Crippen molar-refractivity contribution in [3.05, 3.63) is 71.4 Å². The van der Waals surface area contributed by atoms with E-state index in [4.69, 9.17) is 0 Å². The minimum Gasteiger partial charge on any atom is -0.358 e. The second kappa shape index (κ2) is 6.03. The van der Waals surface area contributed by atoms with Crippen LogP contribution in [-0.2, 0) is 19.4 Å². The summed E-state index contributed by atoms with van der Waals surface area (Å²) in [6.45, 7) is 3.45. The van der Waals surface area contributed by atoms with E-state index in [1.54, 1.807) is 5.56 Å². The molecule has 0 bridgehead atoms. The standard InChI is InChI=1S/C23H26N2/c1-2-18-12-17-13-20-19-10-6-7-11-21(19)24-22(20)14-23(17)25(18)15-16-8-4-3-5-9-16/h3-11,17-18,23-24H,2,12-15H2,1H3/t17-,18+,23+/m0/s1. The normalized spacial score (nSPS) is 25.9. The van der Waals surface area contributed by atoms with Crippen LogP contribution in [-0.4, -0.2) is 22.0 Å².